The quantitative estimate of drug-likeness (QED) is 0.514. The largest absolute Gasteiger partial charge is 0.348 e. The monoisotopic (exact) mass is 450 g/mol. The van der Waals surface area contributed by atoms with E-state index in [0.29, 0.717) is 22.3 Å². The van der Waals surface area contributed by atoms with Gasteiger partial charge in [-0.3, -0.25) is 9.59 Å². The topological polar surface area (TPSA) is 92.3 Å². The highest BCUT2D eigenvalue weighted by molar-refractivity contribution is 7.88. The first-order valence-electron chi connectivity index (χ1n) is 10.2. The average molecular weight is 451 g/mol. The molecule has 1 amide bonds. The summed E-state index contributed by atoms with van der Waals surface area (Å²) in [5.74, 6) is -0.655. The van der Waals surface area contributed by atoms with Crippen LogP contribution in [0.25, 0.3) is 0 Å². The van der Waals surface area contributed by atoms with Gasteiger partial charge in [-0.25, -0.2) is 13.1 Å². The zero-order valence-electron chi connectivity index (χ0n) is 18.3. The third kappa shape index (κ3) is 5.69. The van der Waals surface area contributed by atoms with Gasteiger partial charge in [0, 0.05) is 17.7 Å². The molecule has 0 aromatic heterocycles. The van der Waals surface area contributed by atoms with Crippen LogP contribution in [0.3, 0.4) is 0 Å². The molecule has 0 aliphatic carbocycles. The lowest BCUT2D eigenvalue weighted by Crippen LogP contribution is -2.25. The van der Waals surface area contributed by atoms with Gasteiger partial charge < -0.3 is 5.32 Å². The summed E-state index contributed by atoms with van der Waals surface area (Å²) in [6, 6.07) is 19.2. The standard InChI is InChI=1S/C25H26N2O4S/c1-17-8-13-21(14-18(17)2)24(28)22-6-4-5-7-23(22)25(29)27-15-19-9-11-20(12-10-19)16-32(30,31)26-3/h4-14,26H,15-16H2,1-3H3,(H,27,29). The highest BCUT2D eigenvalue weighted by Crippen LogP contribution is 2.18. The van der Waals surface area contributed by atoms with Crippen molar-refractivity contribution >= 4 is 21.7 Å². The summed E-state index contributed by atoms with van der Waals surface area (Å²) in [5.41, 5.74) is 4.79. The number of ketones is 1. The lowest BCUT2D eigenvalue weighted by Gasteiger charge is -2.11. The van der Waals surface area contributed by atoms with Gasteiger partial charge in [-0.05, 0) is 55.3 Å². The summed E-state index contributed by atoms with van der Waals surface area (Å²) in [7, 11) is -1.96. The van der Waals surface area contributed by atoms with Crippen LogP contribution in [0, 0.1) is 13.8 Å². The van der Waals surface area contributed by atoms with E-state index in [1.54, 1.807) is 54.6 Å². The Balaban J connectivity index is 1.72. The van der Waals surface area contributed by atoms with Gasteiger partial charge in [0.25, 0.3) is 5.91 Å². The molecule has 32 heavy (non-hydrogen) atoms. The fourth-order valence-electron chi connectivity index (χ4n) is 3.24. The van der Waals surface area contributed by atoms with E-state index in [2.05, 4.69) is 10.0 Å². The Morgan fingerprint density at radius 2 is 1.44 bits per heavy atom. The Labute approximate surface area is 188 Å². The van der Waals surface area contributed by atoms with E-state index in [1.165, 1.54) is 7.05 Å². The van der Waals surface area contributed by atoms with Crippen molar-refractivity contribution in [3.05, 3.63) is 106 Å². The second kappa shape index (κ2) is 9.89. The van der Waals surface area contributed by atoms with Crippen molar-refractivity contribution in [3.8, 4) is 0 Å². The van der Waals surface area contributed by atoms with Crippen LogP contribution in [-0.4, -0.2) is 27.2 Å². The van der Waals surface area contributed by atoms with Crippen LogP contribution < -0.4 is 10.0 Å². The highest BCUT2D eigenvalue weighted by atomic mass is 32.2. The van der Waals surface area contributed by atoms with E-state index in [1.807, 2.05) is 26.0 Å². The molecule has 0 heterocycles. The number of carbonyl (C=O) groups excluding carboxylic acids is 2. The SMILES string of the molecule is CNS(=O)(=O)Cc1ccc(CNC(=O)c2ccccc2C(=O)c2ccc(C)c(C)c2)cc1. The minimum Gasteiger partial charge on any atom is -0.348 e. The minimum atomic E-state index is -3.34. The molecular weight excluding hydrogens is 424 g/mol. The van der Waals surface area contributed by atoms with Gasteiger partial charge in [0.1, 0.15) is 0 Å². The van der Waals surface area contributed by atoms with E-state index < -0.39 is 10.0 Å². The van der Waals surface area contributed by atoms with Crippen LogP contribution in [0.5, 0.6) is 0 Å². The number of sulfonamides is 1. The van der Waals surface area contributed by atoms with Crippen molar-refractivity contribution in [2.75, 3.05) is 7.05 Å². The summed E-state index contributed by atoms with van der Waals surface area (Å²) in [5, 5.41) is 2.84. The summed E-state index contributed by atoms with van der Waals surface area (Å²) in [6.07, 6.45) is 0. The molecular formula is C25H26N2O4S. The summed E-state index contributed by atoms with van der Waals surface area (Å²) in [6.45, 7) is 4.19. The second-order valence-corrected chi connectivity index (χ2v) is 9.56. The molecule has 0 unspecified atom stereocenters. The molecule has 0 aliphatic rings. The fourth-order valence-corrected chi connectivity index (χ4v) is 4.02. The highest BCUT2D eigenvalue weighted by Gasteiger charge is 2.18. The van der Waals surface area contributed by atoms with Crippen LogP contribution in [0.15, 0.2) is 66.7 Å². The smallest absolute Gasteiger partial charge is 0.252 e. The molecule has 0 saturated carbocycles. The number of hydrogen-bond donors (Lipinski definition) is 2. The van der Waals surface area contributed by atoms with E-state index in [-0.39, 0.29) is 24.0 Å². The lowest BCUT2D eigenvalue weighted by atomic mass is 9.95. The van der Waals surface area contributed by atoms with E-state index >= 15 is 0 Å². The molecule has 166 valence electrons. The first-order chi connectivity index (χ1) is 15.2. The normalized spacial score (nSPS) is 11.2. The van der Waals surface area contributed by atoms with Gasteiger partial charge in [-0.15, -0.1) is 0 Å². The predicted octanol–water partition coefficient (Wildman–Crippen LogP) is 3.51. The number of carbonyl (C=O) groups is 2. The van der Waals surface area contributed by atoms with Crippen molar-refractivity contribution in [1.29, 1.82) is 0 Å². The van der Waals surface area contributed by atoms with Crippen LogP contribution in [0.2, 0.25) is 0 Å². The number of hydrogen-bond acceptors (Lipinski definition) is 4. The number of nitrogens with one attached hydrogen (secondary N) is 2. The molecule has 3 aromatic carbocycles. The third-order valence-electron chi connectivity index (χ3n) is 5.33. The first kappa shape index (κ1) is 23.4. The number of rotatable bonds is 8. The molecule has 3 rings (SSSR count). The molecule has 0 spiro atoms. The van der Waals surface area contributed by atoms with Gasteiger partial charge in [-0.1, -0.05) is 54.6 Å². The molecule has 0 aliphatic heterocycles. The summed E-state index contributed by atoms with van der Waals surface area (Å²) >= 11 is 0. The Morgan fingerprint density at radius 1 is 0.812 bits per heavy atom. The van der Waals surface area contributed by atoms with E-state index in [9.17, 15) is 18.0 Å². The number of amides is 1. The Morgan fingerprint density at radius 3 is 2.06 bits per heavy atom. The maximum atomic E-state index is 13.1. The second-order valence-electron chi connectivity index (χ2n) is 7.64. The molecule has 2 N–H and O–H groups in total. The zero-order chi connectivity index (χ0) is 23.3. The molecule has 0 saturated heterocycles. The van der Waals surface area contributed by atoms with Gasteiger partial charge in [-0.2, -0.15) is 0 Å². The molecule has 0 radical (unpaired) electrons. The van der Waals surface area contributed by atoms with Gasteiger partial charge in [0.2, 0.25) is 10.0 Å². The molecule has 0 bridgehead atoms. The van der Waals surface area contributed by atoms with Crippen LogP contribution in [0.4, 0.5) is 0 Å². The third-order valence-corrected chi connectivity index (χ3v) is 6.66. The predicted molar refractivity (Wildman–Crippen MR) is 125 cm³/mol. The number of benzene rings is 3. The van der Waals surface area contributed by atoms with E-state index in [0.717, 1.165) is 16.7 Å². The van der Waals surface area contributed by atoms with Crippen molar-refractivity contribution in [2.45, 2.75) is 26.1 Å². The van der Waals surface area contributed by atoms with Crippen molar-refractivity contribution in [1.82, 2.24) is 10.0 Å². The van der Waals surface area contributed by atoms with Crippen molar-refractivity contribution < 1.29 is 18.0 Å². The molecule has 0 fully saturated rings. The van der Waals surface area contributed by atoms with Gasteiger partial charge in [0.15, 0.2) is 5.78 Å². The summed E-state index contributed by atoms with van der Waals surface area (Å²) in [4.78, 5) is 25.9. The van der Waals surface area contributed by atoms with E-state index in [4.69, 9.17) is 0 Å². The zero-order valence-corrected chi connectivity index (χ0v) is 19.1. The Bertz CT molecular complexity index is 1250. The maximum absolute atomic E-state index is 13.1. The molecule has 3 aromatic rings. The number of aryl methyl sites for hydroxylation is 2. The van der Waals surface area contributed by atoms with Crippen molar-refractivity contribution in [2.24, 2.45) is 0 Å². The van der Waals surface area contributed by atoms with Crippen LogP contribution in [0.1, 0.15) is 48.5 Å². The lowest BCUT2D eigenvalue weighted by molar-refractivity contribution is 0.0939. The van der Waals surface area contributed by atoms with Crippen LogP contribution in [-0.2, 0) is 22.3 Å². The Hall–Kier alpha value is -3.29. The Kier molecular flexibility index (Phi) is 7.22. The maximum Gasteiger partial charge on any atom is 0.252 e. The average Bonchev–Trinajstić information content (AvgIpc) is 2.79. The van der Waals surface area contributed by atoms with Crippen LogP contribution >= 0.6 is 0 Å². The molecule has 6 nitrogen and oxygen atoms in total. The summed E-state index contributed by atoms with van der Waals surface area (Å²) < 4.78 is 25.6. The van der Waals surface area contributed by atoms with Gasteiger partial charge in [0.05, 0.1) is 11.3 Å². The minimum absolute atomic E-state index is 0.107. The van der Waals surface area contributed by atoms with Crippen molar-refractivity contribution in [3.63, 3.8) is 0 Å². The molecule has 0 atom stereocenters. The molecule has 7 heteroatoms. The first-order valence-corrected chi connectivity index (χ1v) is 11.8. The fraction of sp³-hybridized carbons (Fsp3) is 0.200. The van der Waals surface area contributed by atoms with Gasteiger partial charge >= 0.3 is 0 Å².